The second-order valence-electron chi connectivity index (χ2n) is 5.31. The molecule has 122 valence electrons. The predicted octanol–water partition coefficient (Wildman–Crippen LogP) is 2.79. The minimum atomic E-state index is -0.249. The van der Waals surface area contributed by atoms with Gasteiger partial charge < -0.3 is 15.4 Å². The van der Waals surface area contributed by atoms with Crippen LogP contribution in [0, 0.1) is 13.8 Å². The molecule has 1 aromatic heterocycles. The minimum Gasteiger partial charge on any atom is -0.385 e. The summed E-state index contributed by atoms with van der Waals surface area (Å²) in [4.78, 5) is 20.9. The normalized spacial score (nSPS) is 10.4. The molecule has 0 aliphatic rings. The number of aromatic nitrogens is 2. The maximum absolute atomic E-state index is 12.4. The Bertz CT molecular complexity index is 673. The number of carbonyl (C=O) groups is 1. The molecule has 0 spiro atoms. The van der Waals surface area contributed by atoms with Crippen molar-refractivity contribution in [3.05, 3.63) is 47.3 Å². The van der Waals surface area contributed by atoms with Gasteiger partial charge in [0.1, 0.15) is 5.69 Å². The summed E-state index contributed by atoms with van der Waals surface area (Å²) in [5.74, 6) is 0.205. The van der Waals surface area contributed by atoms with E-state index in [2.05, 4.69) is 20.6 Å². The van der Waals surface area contributed by atoms with Gasteiger partial charge in [0.2, 0.25) is 5.95 Å². The summed E-state index contributed by atoms with van der Waals surface area (Å²) >= 11 is 0. The second kappa shape index (κ2) is 8.24. The Morgan fingerprint density at radius 1 is 1.22 bits per heavy atom. The van der Waals surface area contributed by atoms with Gasteiger partial charge in [-0.1, -0.05) is 12.1 Å². The molecular weight excluding hydrogens is 292 g/mol. The second-order valence-corrected chi connectivity index (χ2v) is 5.31. The standard InChI is InChI=1S/C17H22N4O2/c1-12-6-4-7-14(10-12)20-16(22)15-11-13(2)19-17(21-15)18-8-5-9-23-3/h4,6-7,10-11H,5,8-9H2,1-3H3,(H,20,22)(H,18,19,21). The number of hydrogen-bond acceptors (Lipinski definition) is 5. The van der Waals surface area contributed by atoms with Gasteiger partial charge in [0.15, 0.2) is 0 Å². The molecule has 0 bridgehead atoms. The third-order valence-corrected chi connectivity index (χ3v) is 3.17. The molecule has 0 saturated heterocycles. The van der Waals surface area contributed by atoms with Crippen LogP contribution in [0.3, 0.4) is 0 Å². The lowest BCUT2D eigenvalue weighted by atomic mass is 10.2. The number of nitrogens with zero attached hydrogens (tertiary/aromatic N) is 2. The van der Waals surface area contributed by atoms with Crippen molar-refractivity contribution in [3.8, 4) is 0 Å². The molecule has 1 aromatic carbocycles. The van der Waals surface area contributed by atoms with Gasteiger partial charge in [-0.2, -0.15) is 0 Å². The van der Waals surface area contributed by atoms with Gasteiger partial charge in [0, 0.05) is 31.6 Å². The first-order valence-electron chi connectivity index (χ1n) is 7.55. The highest BCUT2D eigenvalue weighted by atomic mass is 16.5. The summed E-state index contributed by atoms with van der Waals surface area (Å²) in [6, 6.07) is 9.32. The number of anilines is 2. The van der Waals surface area contributed by atoms with Gasteiger partial charge >= 0.3 is 0 Å². The fourth-order valence-corrected chi connectivity index (χ4v) is 2.10. The van der Waals surface area contributed by atoms with Gasteiger partial charge in [0.05, 0.1) is 0 Å². The first-order valence-corrected chi connectivity index (χ1v) is 7.55. The van der Waals surface area contributed by atoms with Crippen LogP contribution < -0.4 is 10.6 Å². The molecule has 0 saturated carbocycles. The van der Waals surface area contributed by atoms with Gasteiger partial charge in [0.25, 0.3) is 5.91 Å². The van der Waals surface area contributed by atoms with Gasteiger partial charge in [-0.3, -0.25) is 4.79 Å². The Balaban J connectivity index is 2.06. The predicted molar refractivity (Wildman–Crippen MR) is 90.9 cm³/mol. The van der Waals surface area contributed by atoms with Crippen LogP contribution in [0.2, 0.25) is 0 Å². The lowest BCUT2D eigenvalue weighted by Crippen LogP contribution is -2.16. The van der Waals surface area contributed by atoms with E-state index in [0.717, 1.165) is 23.4 Å². The molecular formula is C17H22N4O2. The maximum atomic E-state index is 12.4. The highest BCUT2D eigenvalue weighted by molar-refractivity contribution is 6.03. The number of ether oxygens (including phenoxy) is 1. The van der Waals surface area contributed by atoms with Crippen LogP contribution in [0.25, 0.3) is 0 Å². The maximum Gasteiger partial charge on any atom is 0.274 e. The molecule has 2 N–H and O–H groups in total. The van der Waals surface area contributed by atoms with E-state index in [1.165, 1.54) is 0 Å². The molecule has 6 heteroatoms. The fraction of sp³-hybridized carbons (Fsp3) is 0.353. The van der Waals surface area contributed by atoms with Crippen LogP contribution in [0.4, 0.5) is 11.6 Å². The summed E-state index contributed by atoms with van der Waals surface area (Å²) in [7, 11) is 1.66. The van der Waals surface area contributed by atoms with Crippen molar-refractivity contribution in [3.63, 3.8) is 0 Å². The highest BCUT2D eigenvalue weighted by Gasteiger charge is 2.11. The summed E-state index contributed by atoms with van der Waals surface area (Å²) in [6.07, 6.45) is 0.846. The van der Waals surface area contributed by atoms with Crippen LogP contribution in [-0.4, -0.2) is 36.1 Å². The number of carbonyl (C=O) groups excluding carboxylic acids is 1. The zero-order valence-corrected chi connectivity index (χ0v) is 13.7. The van der Waals surface area contributed by atoms with E-state index >= 15 is 0 Å². The summed E-state index contributed by atoms with van der Waals surface area (Å²) < 4.78 is 5.00. The third kappa shape index (κ3) is 5.34. The summed E-state index contributed by atoms with van der Waals surface area (Å²) in [5, 5.41) is 5.96. The number of amides is 1. The van der Waals surface area contributed by atoms with Crippen molar-refractivity contribution in [2.75, 3.05) is 30.9 Å². The molecule has 0 fully saturated rings. The molecule has 23 heavy (non-hydrogen) atoms. The lowest BCUT2D eigenvalue weighted by molar-refractivity contribution is 0.102. The van der Waals surface area contributed by atoms with E-state index in [9.17, 15) is 4.79 Å². The van der Waals surface area contributed by atoms with Crippen LogP contribution in [0.15, 0.2) is 30.3 Å². The lowest BCUT2D eigenvalue weighted by Gasteiger charge is -2.09. The molecule has 0 aliphatic carbocycles. The van der Waals surface area contributed by atoms with Gasteiger partial charge in [-0.15, -0.1) is 0 Å². The van der Waals surface area contributed by atoms with Crippen molar-refractivity contribution in [2.45, 2.75) is 20.3 Å². The summed E-state index contributed by atoms with van der Waals surface area (Å²) in [6.45, 7) is 5.17. The van der Waals surface area contributed by atoms with E-state index in [-0.39, 0.29) is 5.91 Å². The van der Waals surface area contributed by atoms with Crippen LogP contribution >= 0.6 is 0 Å². The van der Waals surface area contributed by atoms with Crippen LogP contribution in [-0.2, 0) is 4.74 Å². The topological polar surface area (TPSA) is 76.1 Å². The van der Waals surface area contributed by atoms with Crippen molar-refractivity contribution < 1.29 is 9.53 Å². The van der Waals surface area contributed by atoms with Crippen LogP contribution in [0.1, 0.15) is 28.2 Å². The first-order chi connectivity index (χ1) is 11.1. The quantitative estimate of drug-likeness (QED) is 0.769. The number of benzene rings is 1. The van der Waals surface area contributed by atoms with Crippen LogP contribution in [0.5, 0.6) is 0 Å². The number of hydrogen-bond donors (Lipinski definition) is 2. The molecule has 1 amide bonds. The van der Waals surface area contributed by atoms with E-state index in [1.807, 2.05) is 38.1 Å². The largest absolute Gasteiger partial charge is 0.385 e. The Kier molecular flexibility index (Phi) is 6.05. The highest BCUT2D eigenvalue weighted by Crippen LogP contribution is 2.12. The molecule has 1 heterocycles. The number of aryl methyl sites for hydroxylation is 2. The Hall–Kier alpha value is -2.47. The zero-order chi connectivity index (χ0) is 16.7. The Morgan fingerprint density at radius 2 is 2.04 bits per heavy atom. The van der Waals surface area contributed by atoms with Crippen molar-refractivity contribution in [1.29, 1.82) is 0 Å². The average molecular weight is 314 g/mol. The zero-order valence-electron chi connectivity index (χ0n) is 13.7. The fourth-order valence-electron chi connectivity index (χ4n) is 2.10. The summed E-state index contributed by atoms with van der Waals surface area (Å²) in [5.41, 5.74) is 2.92. The Morgan fingerprint density at radius 3 is 2.78 bits per heavy atom. The monoisotopic (exact) mass is 314 g/mol. The van der Waals surface area contributed by atoms with E-state index in [0.29, 0.717) is 24.8 Å². The first kappa shape index (κ1) is 16.9. The molecule has 0 unspecified atom stereocenters. The van der Waals surface area contributed by atoms with Gasteiger partial charge in [-0.25, -0.2) is 9.97 Å². The number of methoxy groups -OCH3 is 1. The Labute approximate surface area is 136 Å². The molecule has 6 nitrogen and oxygen atoms in total. The number of rotatable bonds is 7. The smallest absolute Gasteiger partial charge is 0.274 e. The molecule has 0 atom stereocenters. The molecule has 2 rings (SSSR count). The van der Waals surface area contributed by atoms with E-state index < -0.39 is 0 Å². The third-order valence-electron chi connectivity index (χ3n) is 3.17. The SMILES string of the molecule is COCCCNc1nc(C)cc(C(=O)Nc2cccc(C)c2)n1. The minimum absolute atomic E-state index is 0.249. The van der Waals surface area contributed by atoms with Crippen molar-refractivity contribution in [1.82, 2.24) is 9.97 Å². The van der Waals surface area contributed by atoms with Crippen molar-refractivity contribution >= 4 is 17.5 Å². The average Bonchev–Trinajstić information content (AvgIpc) is 2.51. The molecule has 0 radical (unpaired) electrons. The number of nitrogens with one attached hydrogen (secondary N) is 2. The van der Waals surface area contributed by atoms with E-state index in [4.69, 9.17) is 4.74 Å². The van der Waals surface area contributed by atoms with Gasteiger partial charge in [-0.05, 0) is 44.0 Å². The van der Waals surface area contributed by atoms with Crippen molar-refractivity contribution in [2.24, 2.45) is 0 Å². The molecule has 0 aliphatic heterocycles. The van der Waals surface area contributed by atoms with E-state index in [1.54, 1.807) is 13.2 Å². The molecule has 2 aromatic rings.